The molecule has 3 heteroatoms. The van der Waals surface area contributed by atoms with Gasteiger partial charge in [-0.2, -0.15) is 0 Å². The zero-order valence-corrected chi connectivity index (χ0v) is 12.8. The van der Waals surface area contributed by atoms with Crippen LogP contribution in [-0.2, 0) is 6.42 Å². The van der Waals surface area contributed by atoms with E-state index in [-0.39, 0.29) is 0 Å². The fourth-order valence-electron chi connectivity index (χ4n) is 2.23. The predicted molar refractivity (Wildman–Crippen MR) is 82.3 cm³/mol. The molecule has 1 aromatic carbocycles. The molecular formula is C15H19BrN2. The lowest BCUT2D eigenvalue weighted by Crippen LogP contribution is -2.01. The Kier molecular flexibility index (Phi) is 4.23. The normalized spacial score (nSPS) is 10.9. The van der Waals surface area contributed by atoms with E-state index in [1.165, 1.54) is 22.3 Å². The van der Waals surface area contributed by atoms with Crippen LogP contribution in [0.3, 0.4) is 0 Å². The van der Waals surface area contributed by atoms with Gasteiger partial charge in [0.05, 0.1) is 5.52 Å². The topological polar surface area (TPSA) is 24.9 Å². The Morgan fingerprint density at radius 3 is 2.67 bits per heavy atom. The lowest BCUT2D eigenvalue weighted by atomic mass is 10.1. The summed E-state index contributed by atoms with van der Waals surface area (Å²) in [5, 5.41) is 4.64. The highest BCUT2D eigenvalue weighted by Gasteiger charge is 2.08. The van der Waals surface area contributed by atoms with E-state index in [1.807, 2.05) is 0 Å². The van der Waals surface area contributed by atoms with E-state index in [2.05, 4.69) is 60.2 Å². The van der Waals surface area contributed by atoms with Crippen LogP contribution in [-0.4, -0.2) is 11.5 Å². The Morgan fingerprint density at radius 1 is 1.22 bits per heavy atom. The van der Waals surface area contributed by atoms with Crippen LogP contribution < -0.4 is 5.32 Å². The molecule has 0 atom stereocenters. The van der Waals surface area contributed by atoms with Gasteiger partial charge in [0.1, 0.15) is 0 Å². The average Bonchev–Trinajstić information content (AvgIpc) is 2.31. The Labute approximate surface area is 117 Å². The van der Waals surface area contributed by atoms with E-state index in [1.54, 1.807) is 0 Å². The Balaban J connectivity index is 2.68. The third-order valence-electron chi connectivity index (χ3n) is 3.00. The first kappa shape index (κ1) is 13.3. The minimum absolute atomic E-state index is 0.927. The number of nitrogens with one attached hydrogen (secondary N) is 1. The molecule has 2 aromatic rings. The molecule has 0 saturated carbocycles. The van der Waals surface area contributed by atoms with Gasteiger partial charge in [0, 0.05) is 27.8 Å². The van der Waals surface area contributed by atoms with Crippen LogP contribution >= 0.6 is 15.9 Å². The summed E-state index contributed by atoms with van der Waals surface area (Å²) in [5.41, 5.74) is 4.69. The molecule has 0 bridgehead atoms. The highest BCUT2D eigenvalue weighted by molar-refractivity contribution is 9.10. The summed E-state index contributed by atoms with van der Waals surface area (Å²) in [4.78, 5) is 4.79. The van der Waals surface area contributed by atoms with Gasteiger partial charge in [0.2, 0.25) is 0 Å². The van der Waals surface area contributed by atoms with Gasteiger partial charge in [-0.3, -0.25) is 4.98 Å². The minimum atomic E-state index is 0.927. The first-order valence-corrected chi connectivity index (χ1v) is 7.28. The number of benzene rings is 1. The zero-order valence-electron chi connectivity index (χ0n) is 11.2. The van der Waals surface area contributed by atoms with Crippen molar-refractivity contribution in [1.82, 2.24) is 4.98 Å². The van der Waals surface area contributed by atoms with Crippen LogP contribution in [0, 0.1) is 6.92 Å². The van der Waals surface area contributed by atoms with Crippen molar-refractivity contribution in [1.29, 1.82) is 0 Å². The molecule has 0 fully saturated rings. The van der Waals surface area contributed by atoms with Gasteiger partial charge in [-0.25, -0.2) is 0 Å². The van der Waals surface area contributed by atoms with E-state index in [9.17, 15) is 0 Å². The molecule has 2 nitrogen and oxygen atoms in total. The van der Waals surface area contributed by atoms with Crippen molar-refractivity contribution in [2.75, 3.05) is 11.9 Å². The highest BCUT2D eigenvalue weighted by Crippen LogP contribution is 2.29. The Morgan fingerprint density at radius 2 is 2.00 bits per heavy atom. The van der Waals surface area contributed by atoms with Crippen molar-refractivity contribution in [3.63, 3.8) is 0 Å². The SMILES string of the molecule is CCCc1cc(NCC)c2cc(Br)cc(C)c2n1. The number of halogens is 1. The van der Waals surface area contributed by atoms with Crippen LogP contribution in [0.4, 0.5) is 5.69 Å². The second kappa shape index (κ2) is 5.70. The molecule has 1 aromatic heterocycles. The van der Waals surface area contributed by atoms with Gasteiger partial charge in [-0.15, -0.1) is 0 Å². The van der Waals surface area contributed by atoms with Crippen LogP contribution in [0.15, 0.2) is 22.7 Å². The first-order chi connectivity index (χ1) is 8.65. The fourth-order valence-corrected chi connectivity index (χ4v) is 2.80. The third kappa shape index (κ3) is 2.66. The van der Waals surface area contributed by atoms with E-state index < -0.39 is 0 Å². The van der Waals surface area contributed by atoms with E-state index in [4.69, 9.17) is 4.98 Å². The Bertz CT molecular complexity index is 564. The van der Waals surface area contributed by atoms with Gasteiger partial charge >= 0.3 is 0 Å². The lowest BCUT2D eigenvalue weighted by molar-refractivity contribution is 0.889. The molecule has 96 valence electrons. The molecule has 18 heavy (non-hydrogen) atoms. The van der Waals surface area contributed by atoms with Crippen molar-refractivity contribution in [2.45, 2.75) is 33.6 Å². The van der Waals surface area contributed by atoms with Crippen LogP contribution in [0.1, 0.15) is 31.5 Å². The van der Waals surface area contributed by atoms with Gasteiger partial charge in [-0.1, -0.05) is 29.3 Å². The largest absolute Gasteiger partial charge is 0.385 e. The molecule has 0 aliphatic heterocycles. The lowest BCUT2D eigenvalue weighted by Gasteiger charge is -2.12. The number of anilines is 1. The van der Waals surface area contributed by atoms with E-state index in [0.29, 0.717) is 0 Å². The standard InChI is InChI=1S/C15H19BrN2/c1-4-6-12-9-14(17-5-2)13-8-11(16)7-10(3)15(13)18-12/h7-9H,4-6H2,1-3H3,(H,17,18). The van der Waals surface area contributed by atoms with Gasteiger partial charge < -0.3 is 5.32 Å². The maximum Gasteiger partial charge on any atom is 0.0755 e. The van der Waals surface area contributed by atoms with Crippen molar-refractivity contribution < 1.29 is 0 Å². The maximum absolute atomic E-state index is 4.79. The van der Waals surface area contributed by atoms with E-state index >= 15 is 0 Å². The van der Waals surface area contributed by atoms with Crippen LogP contribution in [0.5, 0.6) is 0 Å². The average molecular weight is 307 g/mol. The molecule has 0 radical (unpaired) electrons. The van der Waals surface area contributed by atoms with Gasteiger partial charge in [0.25, 0.3) is 0 Å². The molecule has 2 rings (SSSR count). The summed E-state index contributed by atoms with van der Waals surface area (Å²) in [6.45, 7) is 7.35. The van der Waals surface area contributed by atoms with Crippen LogP contribution in [0.2, 0.25) is 0 Å². The van der Waals surface area contributed by atoms with Crippen molar-refractivity contribution in [3.05, 3.63) is 33.9 Å². The zero-order chi connectivity index (χ0) is 13.1. The second-order valence-electron chi connectivity index (χ2n) is 4.56. The molecule has 1 heterocycles. The highest BCUT2D eigenvalue weighted by atomic mass is 79.9. The second-order valence-corrected chi connectivity index (χ2v) is 5.48. The predicted octanol–water partition coefficient (Wildman–Crippen LogP) is 4.69. The molecule has 0 amide bonds. The molecule has 0 spiro atoms. The summed E-state index contributed by atoms with van der Waals surface area (Å²) in [5.74, 6) is 0. The summed E-state index contributed by atoms with van der Waals surface area (Å²) in [6.07, 6.45) is 2.16. The van der Waals surface area contributed by atoms with Gasteiger partial charge in [0.15, 0.2) is 0 Å². The summed E-state index contributed by atoms with van der Waals surface area (Å²) < 4.78 is 1.11. The molecule has 0 unspecified atom stereocenters. The number of fused-ring (bicyclic) bond motifs is 1. The van der Waals surface area contributed by atoms with Crippen molar-refractivity contribution in [2.24, 2.45) is 0 Å². The minimum Gasteiger partial charge on any atom is -0.385 e. The summed E-state index contributed by atoms with van der Waals surface area (Å²) >= 11 is 3.56. The number of pyridine rings is 1. The summed E-state index contributed by atoms with van der Waals surface area (Å²) in [7, 11) is 0. The first-order valence-electron chi connectivity index (χ1n) is 6.49. The molecule has 0 aliphatic carbocycles. The number of rotatable bonds is 4. The van der Waals surface area contributed by atoms with Crippen molar-refractivity contribution in [3.8, 4) is 0 Å². The third-order valence-corrected chi connectivity index (χ3v) is 3.45. The van der Waals surface area contributed by atoms with Crippen LogP contribution in [0.25, 0.3) is 10.9 Å². The molecule has 0 aliphatic rings. The number of aryl methyl sites for hydroxylation is 2. The molecular weight excluding hydrogens is 288 g/mol. The van der Waals surface area contributed by atoms with Crippen molar-refractivity contribution >= 4 is 32.5 Å². The fraction of sp³-hybridized carbons (Fsp3) is 0.400. The van der Waals surface area contributed by atoms with Gasteiger partial charge in [-0.05, 0) is 44.0 Å². The molecule has 1 N–H and O–H groups in total. The number of hydrogen-bond donors (Lipinski definition) is 1. The van der Waals surface area contributed by atoms with E-state index in [0.717, 1.165) is 29.4 Å². The number of nitrogens with zero attached hydrogens (tertiary/aromatic N) is 1. The Hall–Kier alpha value is -1.09. The summed E-state index contributed by atoms with van der Waals surface area (Å²) in [6, 6.07) is 6.45. The smallest absolute Gasteiger partial charge is 0.0755 e. The quantitative estimate of drug-likeness (QED) is 0.886. The number of hydrogen-bond acceptors (Lipinski definition) is 2. The maximum atomic E-state index is 4.79. The molecule has 0 saturated heterocycles. The number of aromatic nitrogens is 1. The monoisotopic (exact) mass is 306 g/mol.